The van der Waals surface area contributed by atoms with Gasteiger partial charge in [-0.1, -0.05) is 12.1 Å². The quantitative estimate of drug-likeness (QED) is 0.630. The summed E-state index contributed by atoms with van der Waals surface area (Å²) in [5.41, 5.74) is 1.11. The third kappa shape index (κ3) is 6.81. The van der Waals surface area contributed by atoms with Gasteiger partial charge in [-0.3, -0.25) is 4.79 Å². The first kappa shape index (κ1) is 21.1. The number of benzene rings is 2. The smallest absolute Gasteiger partial charge is 0.230 e. The third-order valence-electron chi connectivity index (χ3n) is 4.10. The third-order valence-corrected chi connectivity index (χ3v) is 5.11. The van der Waals surface area contributed by atoms with E-state index in [1.807, 2.05) is 69.6 Å². The van der Waals surface area contributed by atoms with Gasteiger partial charge in [-0.05, 0) is 63.0 Å². The second-order valence-electron chi connectivity index (χ2n) is 6.25. The van der Waals surface area contributed by atoms with E-state index in [1.165, 1.54) is 11.8 Å². The molecule has 0 spiro atoms. The maximum Gasteiger partial charge on any atom is 0.230 e. The summed E-state index contributed by atoms with van der Waals surface area (Å²) in [6.07, 6.45) is 0. The topological polar surface area (TPSA) is 50.8 Å². The van der Waals surface area contributed by atoms with Gasteiger partial charge in [-0.15, -0.1) is 11.8 Å². The Morgan fingerprint density at radius 1 is 1.15 bits per heavy atom. The van der Waals surface area contributed by atoms with Gasteiger partial charge < -0.3 is 19.7 Å². The predicted octanol–water partition coefficient (Wildman–Crippen LogP) is 3.61. The molecule has 0 fully saturated rings. The zero-order chi connectivity index (χ0) is 19.6. The van der Waals surface area contributed by atoms with Gasteiger partial charge in [0.05, 0.1) is 25.5 Å². The van der Waals surface area contributed by atoms with Crippen LogP contribution in [0.5, 0.6) is 11.5 Å². The number of nitrogens with zero attached hydrogens (tertiary/aromatic N) is 1. The fourth-order valence-corrected chi connectivity index (χ4v) is 3.38. The van der Waals surface area contributed by atoms with Crippen molar-refractivity contribution in [2.45, 2.75) is 17.9 Å². The van der Waals surface area contributed by atoms with Crippen LogP contribution in [-0.4, -0.2) is 50.9 Å². The number of thioether (sulfide) groups is 1. The first-order chi connectivity index (χ1) is 13.0. The van der Waals surface area contributed by atoms with Crippen molar-refractivity contribution >= 4 is 17.7 Å². The van der Waals surface area contributed by atoms with Crippen molar-refractivity contribution in [3.05, 3.63) is 54.1 Å². The maximum atomic E-state index is 12.3. The lowest BCUT2D eigenvalue weighted by Gasteiger charge is -2.25. The van der Waals surface area contributed by atoms with E-state index < -0.39 is 0 Å². The fraction of sp³-hybridized carbons (Fsp3) is 0.381. The summed E-state index contributed by atoms with van der Waals surface area (Å²) in [5, 5.41) is 3.04. The molecule has 1 amide bonds. The second-order valence-corrected chi connectivity index (χ2v) is 7.30. The number of carbonyl (C=O) groups is 1. The van der Waals surface area contributed by atoms with Gasteiger partial charge in [-0.25, -0.2) is 0 Å². The summed E-state index contributed by atoms with van der Waals surface area (Å²) in [6, 6.07) is 15.8. The molecule has 0 aliphatic rings. The molecular formula is C21H28N2O3S. The van der Waals surface area contributed by atoms with Crippen molar-refractivity contribution in [3.8, 4) is 11.5 Å². The molecule has 2 aromatic rings. The van der Waals surface area contributed by atoms with Crippen LogP contribution in [0.3, 0.4) is 0 Å². The highest BCUT2D eigenvalue weighted by Crippen LogP contribution is 2.23. The minimum absolute atomic E-state index is 0.0173. The average molecular weight is 389 g/mol. The highest BCUT2D eigenvalue weighted by atomic mass is 32.2. The van der Waals surface area contributed by atoms with Crippen molar-refractivity contribution in [2.75, 3.05) is 40.1 Å². The van der Waals surface area contributed by atoms with E-state index in [1.54, 1.807) is 7.11 Å². The van der Waals surface area contributed by atoms with E-state index in [2.05, 4.69) is 10.2 Å². The van der Waals surface area contributed by atoms with Crippen LogP contribution in [0.1, 0.15) is 18.5 Å². The van der Waals surface area contributed by atoms with E-state index in [0.29, 0.717) is 18.9 Å². The van der Waals surface area contributed by atoms with Crippen LogP contribution in [0.2, 0.25) is 0 Å². The van der Waals surface area contributed by atoms with Gasteiger partial charge in [-0.2, -0.15) is 0 Å². The first-order valence-electron chi connectivity index (χ1n) is 8.96. The monoisotopic (exact) mass is 388 g/mol. The molecule has 0 aliphatic carbocycles. The largest absolute Gasteiger partial charge is 0.497 e. The summed E-state index contributed by atoms with van der Waals surface area (Å²) in [4.78, 5) is 15.4. The van der Waals surface area contributed by atoms with Crippen LogP contribution in [0, 0.1) is 0 Å². The highest BCUT2D eigenvalue weighted by molar-refractivity contribution is 8.00. The molecule has 0 saturated carbocycles. The predicted molar refractivity (Wildman–Crippen MR) is 111 cm³/mol. The summed E-state index contributed by atoms with van der Waals surface area (Å²) in [7, 11) is 5.67. The van der Waals surface area contributed by atoms with Gasteiger partial charge >= 0.3 is 0 Å². The number of hydrogen-bond donors (Lipinski definition) is 1. The molecule has 5 nitrogen and oxygen atoms in total. The molecule has 1 atom stereocenters. The SMILES string of the molecule is CCOc1ccc(SCC(=O)NCC(c2cccc(OC)c2)N(C)C)cc1. The number of amides is 1. The zero-order valence-corrected chi connectivity index (χ0v) is 17.2. The lowest BCUT2D eigenvalue weighted by Crippen LogP contribution is -2.35. The minimum Gasteiger partial charge on any atom is -0.497 e. The Morgan fingerprint density at radius 2 is 1.89 bits per heavy atom. The van der Waals surface area contributed by atoms with Gasteiger partial charge in [0.15, 0.2) is 0 Å². The van der Waals surface area contributed by atoms with Gasteiger partial charge in [0, 0.05) is 11.4 Å². The van der Waals surface area contributed by atoms with E-state index in [9.17, 15) is 4.79 Å². The van der Waals surface area contributed by atoms with Crippen molar-refractivity contribution in [1.82, 2.24) is 10.2 Å². The molecule has 2 aromatic carbocycles. The minimum atomic E-state index is 0.0173. The van der Waals surface area contributed by atoms with E-state index in [-0.39, 0.29) is 11.9 Å². The number of hydrogen-bond acceptors (Lipinski definition) is 5. The molecule has 146 valence electrons. The van der Waals surface area contributed by atoms with Crippen LogP contribution >= 0.6 is 11.8 Å². The molecule has 0 aromatic heterocycles. The Bertz CT molecular complexity index is 720. The van der Waals surface area contributed by atoms with Gasteiger partial charge in [0.1, 0.15) is 11.5 Å². The van der Waals surface area contributed by atoms with Crippen LogP contribution in [0.15, 0.2) is 53.4 Å². The Hall–Kier alpha value is -2.18. The molecule has 2 rings (SSSR count). The normalized spacial score (nSPS) is 11.9. The Balaban J connectivity index is 1.86. The fourth-order valence-electron chi connectivity index (χ4n) is 2.66. The zero-order valence-electron chi connectivity index (χ0n) is 16.4. The number of likely N-dealkylation sites (N-methyl/N-ethyl adjacent to an activating group) is 1. The molecule has 1 unspecified atom stereocenters. The molecule has 0 bridgehead atoms. The molecule has 0 heterocycles. The maximum absolute atomic E-state index is 12.3. The lowest BCUT2D eigenvalue weighted by molar-refractivity contribution is -0.118. The summed E-state index contributed by atoms with van der Waals surface area (Å²) in [6.45, 7) is 3.15. The second kappa shape index (κ2) is 10.8. The number of carbonyl (C=O) groups excluding carboxylic acids is 1. The molecule has 6 heteroatoms. The van der Waals surface area contributed by atoms with Crippen LogP contribution in [0.4, 0.5) is 0 Å². The van der Waals surface area contributed by atoms with Crippen molar-refractivity contribution < 1.29 is 14.3 Å². The summed E-state index contributed by atoms with van der Waals surface area (Å²) in [5.74, 6) is 2.06. The van der Waals surface area contributed by atoms with Crippen molar-refractivity contribution in [1.29, 1.82) is 0 Å². The highest BCUT2D eigenvalue weighted by Gasteiger charge is 2.16. The number of nitrogens with one attached hydrogen (secondary N) is 1. The van der Waals surface area contributed by atoms with E-state index >= 15 is 0 Å². The van der Waals surface area contributed by atoms with Crippen LogP contribution in [-0.2, 0) is 4.79 Å². The lowest BCUT2D eigenvalue weighted by atomic mass is 10.1. The Labute approximate surface area is 166 Å². The number of rotatable bonds is 10. The standard InChI is InChI=1S/C21H28N2O3S/c1-5-26-17-9-11-19(12-10-17)27-15-21(24)22-14-20(23(2)3)16-7-6-8-18(13-16)25-4/h6-13,20H,5,14-15H2,1-4H3,(H,22,24). The Kier molecular flexibility index (Phi) is 8.48. The molecular weight excluding hydrogens is 360 g/mol. The number of methoxy groups -OCH3 is 1. The van der Waals surface area contributed by atoms with E-state index in [0.717, 1.165) is 22.0 Å². The van der Waals surface area contributed by atoms with Crippen molar-refractivity contribution in [3.63, 3.8) is 0 Å². The molecule has 0 radical (unpaired) electrons. The molecule has 27 heavy (non-hydrogen) atoms. The van der Waals surface area contributed by atoms with Crippen molar-refractivity contribution in [2.24, 2.45) is 0 Å². The van der Waals surface area contributed by atoms with Gasteiger partial charge in [0.25, 0.3) is 0 Å². The number of ether oxygens (including phenoxy) is 2. The molecule has 1 N–H and O–H groups in total. The summed E-state index contributed by atoms with van der Waals surface area (Å²) >= 11 is 1.52. The average Bonchev–Trinajstić information content (AvgIpc) is 2.68. The Morgan fingerprint density at radius 3 is 2.52 bits per heavy atom. The van der Waals surface area contributed by atoms with Gasteiger partial charge in [0.2, 0.25) is 5.91 Å². The first-order valence-corrected chi connectivity index (χ1v) is 9.94. The van der Waals surface area contributed by atoms with Crippen LogP contribution < -0.4 is 14.8 Å². The van der Waals surface area contributed by atoms with Crippen LogP contribution in [0.25, 0.3) is 0 Å². The van der Waals surface area contributed by atoms with E-state index in [4.69, 9.17) is 9.47 Å². The molecule has 0 saturated heterocycles. The summed E-state index contributed by atoms with van der Waals surface area (Å²) < 4.78 is 10.7. The molecule has 0 aliphatic heterocycles.